The molecule has 0 spiro atoms. The van der Waals surface area contributed by atoms with E-state index < -0.39 is 18.3 Å². The van der Waals surface area contributed by atoms with E-state index in [0.29, 0.717) is 15.6 Å². The van der Waals surface area contributed by atoms with Crippen LogP contribution in [-0.2, 0) is 17.6 Å². The van der Waals surface area contributed by atoms with Crippen molar-refractivity contribution in [2.45, 2.75) is 45.5 Å². The summed E-state index contributed by atoms with van der Waals surface area (Å²) >= 11 is 8.89. The van der Waals surface area contributed by atoms with Crippen molar-refractivity contribution < 1.29 is 18.4 Å². The van der Waals surface area contributed by atoms with Gasteiger partial charge >= 0.3 is 0 Å². The number of amides is 2. The number of hydrogen-bond donors (Lipinski definition) is 1. The standard InChI is InChI=1S/C20H24ClF2N3O2S2/c1-3-16-25-14(11-29-16)8-15(27)24-9-13-4-6-26(7-5-20(13,22)23)19(28)18-17(21)12(2)10-30-18/h10-11,13H,3-9H2,1-2H3,(H,24,27). The van der Waals surface area contributed by atoms with E-state index in [0.717, 1.165) is 17.0 Å². The normalized spacial score (nSPS) is 18.8. The van der Waals surface area contributed by atoms with Crippen LogP contribution in [0.4, 0.5) is 8.78 Å². The zero-order chi connectivity index (χ0) is 21.9. The summed E-state index contributed by atoms with van der Waals surface area (Å²) < 4.78 is 29.3. The smallest absolute Gasteiger partial charge is 0.265 e. The molecular formula is C20H24ClF2N3O2S2. The Morgan fingerprint density at radius 2 is 2.10 bits per heavy atom. The van der Waals surface area contributed by atoms with E-state index in [1.54, 1.807) is 12.3 Å². The predicted molar refractivity (Wildman–Crippen MR) is 116 cm³/mol. The van der Waals surface area contributed by atoms with Gasteiger partial charge in [-0.3, -0.25) is 9.59 Å². The van der Waals surface area contributed by atoms with E-state index in [1.807, 2.05) is 12.3 Å². The highest BCUT2D eigenvalue weighted by molar-refractivity contribution is 7.13. The largest absolute Gasteiger partial charge is 0.355 e. The summed E-state index contributed by atoms with van der Waals surface area (Å²) in [5.74, 6) is -4.62. The van der Waals surface area contributed by atoms with Crippen molar-refractivity contribution in [3.8, 4) is 0 Å². The first kappa shape index (κ1) is 23.1. The monoisotopic (exact) mass is 475 g/mol. The van der Waals surface area contributed by atoms with Gasteiger partial charge in [0.1, 0.15) is 4.88 Å². The number of hydrogen-bond acceptors (Lipinski definition) is 5. The van der Waals surface area contributed by atoms with Gasteiger partial charge in [0.15, 0.2) is 0 Å². The Morgan fingerprint density at radius 1 is 1.33 bits per heavy atom. The molecule has 0 aromatic carbocycles. The average Bonchev–Trinajstić information content (AvgIpc) is 3.25. The van der Waals surface area contributed by atoms with Gasteiger partial charge in [0.25, 0.3) is 11.8 Å². The highest BCUT2D eigenvalue weighted by Gasteiger charge is 2.42. The molecule has 0 bridgehead atoms. The topological polar surface area (TPSA) is 62.3 Å². The number of carbonyl (C=O) groups is 2. The summed E-state index contributed by atoms with van der Waals surface area (Å²) in [6, 6.07) is 0. The number of aromatic nitrogens is 1. The quantitative estimate of drug-likeness (QED) is 0.665. The minimum atomic E-state index is -2.96. The lowest BCUT2D eigenvalue weighted by atomic mass is 9.96. The van der Waals surface area contributed by atoms with E-state index in [-0.39, 0.29) is 44.3 Å². The fraction of sp³-hybridized carbons (Fsp3) is 0.550. The highest BCUT2D eigenvalue weighted by Crippen LogP contribution is 2.35. The van der Waals surface area contributed by atoms with Gasteiger partial charge in [0.2, 0.25) is 5.91 Å². The molecule has 10 heteroatoms. The van der Waals surface area contributed by atoms with Crippen LogP contribution in [0.1, 0.15) is 45.7 Å². The first-order valence-corrected chi connectivity index (χ1v) is 12.0. The van der Waals surface area contributed by atoms with Crippen molar-refractivity contribution in [1.29, 1.82) is 0 Å². The van der Waals surface area contributed by atoms with Gasteiger partial charge < -0.3 is 10.2 Å². The summed E-state index contributed by atoms with van der Waals surface area (Å²) in [6.45, 7) is 3.83. The van der Waals surface area contributed by atoms with Crippen LogP contribution in [0.2, 0.25) is 5.02 Å². The molecule has 5 nitrogen and oxygen atoms in total. The SMILES string of the molecule is CCc1nc(CC(=O)NCC2CCN(C(=O)c3scc(C)c3Cl)CCC2(F)F)cs1. The highest BCUT2D eigenvalue weighted by atomic mass is 35.5. The summed E-state index contributed by atoms with van der Waals surface area (Å²) in [5, 5.41) is 7.56. The number of halogens is 3. The summed E-state index contributed by atoms with van der Waals surface area (Å²) in [6.07, 6.45) is 0.548. The molecule has 3 rings (SSSR count). The number of carbonyl (C=O) groups excluding carboxylic acids is 2. The number of nitrogens with one attached hydrogen (secondary N) is 1. The van der Waals surface area contributed by atoms with E-state index in [4.69, 9.17) is 11.6 Å². The van der Waals surface area contributed by atoms with E-state index >= 15 is 0 Å². The Hall–Kier alpha value is -1.58. The van der Waals surface area contributed by atoms with Crippen molar-refractivity contribution in [2.24, 2.45) is 5.92 Å². The first-order chi connectivity index (χ1) is 14.2. The Bertz CT molecular complexity index is 916. The number of thiophene rings is 1. The molecule has 1 fully saturated rings. The molecule has 1 unspecified atom stereocenters. The fourth-order valence-electron chi connectivity index (χ4n) is 3.35. The van der Waals surface area contributed by atoms with Crippen LogP contribution in [0.5, 0.6) is 0 Å². The average molecular weight is 476 g/mol. The molecule has 2 aromatic rings. The Balaban J connectivity index is 1.57. The maximum Gasteiger partial charge on any atom is 0.265 e. The van der Waals surface area contributed by atoms with Crippen molar-refractivity contribution in [1.82, 2.24) is 15.2 Å². The van der Waals surface area contributed by atoms with Gasteiger partial charge in [-0.2, -0.15) is 0 Å². The molecule has 3 heterocycles. The van der Waals surface area contributed by atoms with E-state index in [2.05, 4.69) is 10.3 Å². The van der Waals surface area contributed by atoms with Crippen LogP contribution < -0.4 is 5.32 Å². The predicted octanol–water partition coefficient (Wildman–Crippen LogP) is 4.58. The van der Waals surface area contributed by atoms with Crippen LogP contribution >= 0.6 is 34.3 Å². The van der Waals surface area contributed by atoms with Gasteiger partial charge in [0, 0.05) is 37.4 Å². The molecule has 1 aliphatic heterocycles. The van der Waals surface area contributed by atoms with Gasteiger partial charge in [0.05, 0.1) is 22.1 Å². The zero-order valence-corrected chi connectivity index (χ0v) is 19.2. The van der Waals surface area contributed by atoms with Crippen LogP contribution in [-0.4, -0.2) is 47.3 Å². The Kier molecular flexibility index (Phi) is 7.47. The molecule has 164 valence electrons. The van der Waals surface area contributed by atoms with Gasteiger partial charge in [-0.1, -0.05) is 18.5 Å². The number of rotatable bonds is 6. The second kappa shape index (κ2) is 9.70. The lowest BCUT2D eigenvalue weighted by molar-refractivity contribution is -0.121. The van der Waals surface area contributed by atoms with Crippen LogP contribution in [0.15, 0.2) is 10.8 Å². The molecule has 1 N–H and O–H groups in total. The van der Waals surface area contributed by atoms with Crippen molar-refractivity contribution >= 4 is 46.1 Å². The van der Waals surface area contributed by atoms with Crippen LogP contribution in [0, 0.1) is 12.8 Å². The third-order valence-corrected chi connectivity index (χ3v) is 7.96. The maximum absolute atomic E-state index is 14.7. The molecular weight excluding hydrogens is 452 g/mol. The number of likely N-dealkylation sites (tertiary alicyclic amines) is 1. The number of aryl methyl sites for hydroxylation is 2. The number of nitrogens with zero attached hydrogens (tertiary/aromatic N) is 2. The summed E-state index contributed by atoms with van der Waals surface area (Å²) in [7, 11) is 0. The zero-order valence-electron chi connectivity index (χ0n) is 16.8. The van der Waals surface area contributed by atoms with E-state index in [1.165, 1.54) is 27.6 Å². The molecule has 1 aliphatic rings. The van der Waals surface area contributed by atoms with Crippen molar-refractivity contribution in [3.63, 3.8) is 0 Å². The minimum Gasteiger partial charge on any atom is -0.355 e. The van der Waals surface area contributed by atoms with Crippen LogP contribution in [0.3, 0.4) is 0 Å². The molecule has 0 radical (unpaired) electrons. The maximum atomic E-state index is 14.7. The fourth-order valence-corrected chi connectivity index (χ4v) is 5.34. The van der Waals surface area contributed by atoms with Crippen LogP contribution in [0.25, 0.3) is 0 Å². The Labute approximate surface area is 187 Å². The molecule has 2 amide bonds. The minimum absolute atomic E-state index is 0.0395. The number of thiazole rings is 1. The first-order valence-electron chi connectivity index (χ1n) is 9.82. The third-order valence-electron chi connectivity index (χ3n) is 5.23. The summed E-state index contributed by atoms with van der Waals surface area (Å²) in [4.78, 5) is 31.1. The second-order valence-electron chi connectivity index (χ2n) is 7.42. The molecule has 0 aliphatic carbocycles. The third kappa shape index (κ3) is 5.36. The summed E-state index contributed by atoms with van der Waals surface area (Å²) in [5.41, 5.74) is 1.46. The lowest BCUT2D eigenvalue weighted by Crippen LogP contribution is -2.39. The Morgan fingerprint density at radius 3 is 2.73 bits per heavy atom. The molecule has 30 heavy (non-hydrogen) atoms. The van der Waals surface area contributed by atoms with Crippen molar-refractivity contribution in [3.05, 3.63) is 36.9 Å². The molecule has 2 aromatic heterocycles. The second-order valence-corrected chi connectivity index (χ2v) is 9.62. The van der Waals surface area contributed by atoms with Gasteiger partial charge in [-0.25, -0.2) is 13.8 Å². The lowest BCUT2D eigenvalue weighted by Gasteiger charge is -2.24. The molecule has 0 saturated carbocycles. The number of alkyl halides is 2. The van der Waals surface area contributed by atoms with Gasteiger partial charge in [-0.15, -0.1) is 22.7 Å². The molecule has 1 saturated heterocycles. The van der Waals surface area contributed by atoms with E-state index in [9.17, 15) is 18.4 Å². The van der Waals surface area contributed by atoms with Crippen molar-refractivity contribution in [2.75, 3.05) is 19.6 Å². The molecule has 1 atom stereocenters. The van der Waals surface area contributed by atoms with Gasteiger partial charge in [-0.05, 0) is 30.7 Å².